The van der Waals surface area contributed by atoms with E-state index in [-0.39, 0.29) is 12.1 Å². The van der Waals surface area contributed by atoms with Crippen LogP contribution in [-0.2, 0) is 14.6 Å². The van der Waals surface area contributed by atoms with Gasteiger partial charge in [0.15, 0.2) is 0 Å². The van der Waals surface area contributed by atoms with Gasteiger partial charge in [0, 0.05) is 6.92 Å². The molecule has 15 heavy (non-hydrogen) atoms. The van der Waals surface area contributed by atoms with Crippen molar-refractivity contribution in [1.82, 2.24) is 0 Å². The van der Waals surface area contributed by atoms with E-state index in [1.807, 2.05) is 0 Å². The summed E-state index contributed by atoms with van der Waals surface area (Å²) in [5.41, 5.74) is 0.381. The van der Waals surface area contributed by atoms with E-state index in [0.717, 1.165) is 31.6 Å². The Labute approximate surface area is 92.1 Å². The normalized spacial score (nSPS) is 27.5. The second-order valence-corrected chi connectivity index (χ2v) is 5.51. The summed E-state index contributed by atoms with van der Waals surface area (Å²) in [6, 6.07) is 0. The third-order valence-electron chi connectivity index (χ3n) is 3.20. The molecule has 1 aliphatic rings. The van der Waals surface area contributed by atoms with Crippen LogP contribution in [0.2, 0.25) is 0 Å². The molecule has 0 amide bonds. The molecular formula is C12H22O3. The van der Waals surface area contributed by atoms with Gasteiger partial charge in [-0.25, -0.2) is 4.79 Å². The predicted molar refractivity (Wildman–Crippen MR) is 58.1 cm³/mol. The van der Waals surface area contributed by atoms with Crippen molar-refractivity contribution >= 4 is 5.97 Å². The summed E-state index contributed by atoms with van der Waals surface area (Å²) >= 11 is 0. The third kappa shape index (κ3) is 4.20. The summed E-state index contributed by atoms with van der Waals surface area (Å²) in [7, 11) is 0. The van der Waals surface area contributed by atoms with E-state index in [2.05, 4.69) is 25.7 Å². The van der Waals surface area contributed by atoms with Crippen LogP contribution in [0.4, 0.5) is 0 Å². The molecule has 0 bridgehead atoms. The molecule has 0 aromatic heterocycles. The molecular weight excluding hydrogens is 192 g/mol. The quantitative estimate of drug-likeness (QED) is 0.523. The van der Waals surface area contributed by atoms with E-state index < -0.39 is 0 Å². The van der Waals surface area contributed by atoms with Gasteiger partial charge in [0.05, 0.1) is 0 Å². The molecule has 1 aliphatic carbocycles. The molecule has 0 atom stereocenters. The zero-order valence-corrected chi connectivity index (χ0v) is 10.2. The summed E-state index contributed by atoms with van der Waals surface area (Å²) < 4.78 is 0. The van der Waals surface area contributed by atoms with Gasteiger partial charge in [0.2, 0.25) is 0 Å². The summed E-state index contributed by atoms with van der Waals surface area (Å²) in [6.45, 7) is 8.21. The van der Waals surface area contributed by atoms with E-state index in [1.54, 1.807) is 0 Å². The third-order valence-corrected chi connectivity index (χ3v) is 3.20. The Morgan fingerprint density at radius 2 is 1.67 bits per heavy atom. The largest absolute Gasteiger partial charge is 0.339 e. The van der Waals surface area contributed by atoms with Gasteiger partial charge < -0.3 is 0 Å². The molecule has 1 rings (SSSR count). The molecule has 1 saturated carbocycles. The van der Waals surface area contributed by atoms with Crippen LogP contribution in [0, 0.1) is 11.3 Å². The minimum absolute atomic E-state index is 0.104. The summed E-state index contributed by atoms with van der Waals surface area (Å²) in [5, 5.41) is 0. The lowest BCUT2D eigenvalue weighted by atomic mass is 9.72. The van der Waals surface area contributed by atoms with Gasteiger partial charge in [-0.15, -0.1) is 0 Å². The van der Waals surface area contributed by atoms with Crippen molar-refractivity contribution in [3.8, 4) is 0 Å². The molecule has 3 heteroatoms. The van der Waals surface area contributed by atoms with E-state index in [1.165, 1.54) is 6.92 Å². The number of carbonyl (C=O) groups is 1. The Morgan fingerprint density at radius 3 is 2.07 bits per heavy atom. The standard InChI is InChI=1S/C12H22O3/c1-9(13)14-15-11-7-5-10(6-8-11)12(2,3)4/h10-11H,5-8H2,1-4H3. The SMILES string of the molecule is CC(=O)OOC1CCC(C(C)(C)C)CC1. The van der Waals surface area contributed by atoms with Gasteiger partial charge in [-0.3, -0.25) is 4.89 Å². The van der Waals surface area contributed by atoms with Crippen molar-refractivity contribution in [2.24, 2.45) is 11.3 Å². The van der Waals surface area contributed by atoms with Crippen LogP contribution in [-0.4, -0.2) is 12.1 Å². The van der Waals surface area contributed by atoms with E-state index in [4.69, 9.17) is 4.89 Å². The Balaban J connectivity index is 2.27. The molecule has 0 spiro atoms. The highest BCUT2D eigenvalue weighted by Crippen LogP contribution is 2.38. The average Bonchev–Trinajstić information content (AvgIpc) is 2.14. The molecule has 0 aromatic carbocycles. The first-order chi connectivity index (χ1) is 6.89. The van der Waals surface area contributed by atoms with Crippen LogP contribution in [0.25, 0.3) is 0 Å². The minimum Gasteiger partial charge on any atom is -0.298 e. The smallest absolute Gasteiger partial charge is 0.298 e. The average molecular weight is 214 g/mol. The lowest BCUT2D eigenvalue weighted by Crippen LogP contribution is -2.29. The van der Waals surface area contributed by atoms with Crippen LogP contribution < -0.4 is 0 Å². The fraction of sp³-hybridized carbons (Fsp3) is 0.917. The lowest BCUT2D eigenvalue weighted by molar-refractivity contribution is -0.301. The van der Waals surface area contributed by atoms with Crippen molar-refractivity contribution < 1.29 is 14.6 Å². The molecule has 0 saturated heterocycles. The van der Waals surface area contributed by atoms with Crippen molar-refractivity contribution in [2.45, 2.75) is 59.5 Å². The molecule has 0 aromatic rings. The molecule has 88 valence electrons. The molecule has 0 aliphatic heterocycles. The fourth-order valence-corrected chi connectivity index (χ4v) is 2.16. The predicted octanol–water partition coefficient (Wildman–Crippen LogP) is 3.09. The van der Waals surface area contributed by atoms with Crippen molar-refractivity contribution in [3.63, 3.8) is 0 Å². The monoisotopic (exact) mass is 214 g/mol. The Kier molecular flexibility index (Phi) is 4.14. The van der Waals surface area contributed by atoms with Crippen LogP contribution in [0.3, 0.4) is 0 Å². The highest BCUT2D eigenvalue weighted by Gasteiger charge is 2.30. The maximum Gasteiger partial charge on any atom is 0.339 e. The Hall–Kier alpha value is -0.570. The van der Waals surface area contributed by atoms with Crippen molar-refractivity contribution in [2.75, 3.05) is 0 Å². The van der Waals surface area contributed by atoms with Crippen LogP contribution in [0.15, 0.2) is 0 Å². The Bertz CT molecular complexity index is 209. The van der Waals surface area contributed by atoms with E-state index >= 15 is 0 Å². The molecule has 0 unspecified atom stereocenters. The highest BCUT2D eigenvalue weighted by atomic mass is 17.2. The van der Waals surface area contributed by atoms with Crippen molar-refractivity contribution in [3.05, 3.63) is 0 Å². The zero-order valence-electron chi connectivity index (χ0n) is 10.2. The van der Waals surface area contributed by atoms with Gasteiger partial charge in [0.25, 0.3) is 0 Å². The maximum atomic E-state index is 10.6. The van der Waals surface area contributed by atoms with Gasteiger partial charge >= 0.3 is 5.97 Å². The molecule has 0 N–H and O–H groups in total. The lowest BCUT2D eigenvalue weighted by Gasteiger charge is -2.36. The van der Waals surface area contributed by atoms with Crippen LogP contribution in [0.5, 0.6) is 0 Å². The van der Waals surface area contributed by atoms with Crippen LogP contribution >= 0.6 is 0 Å². The number of carbonyl (C=O) groups excluding carboxylic acids is 1. The molecule has 1 fully saturated rings. The molecule has 3 nitrogen and oxygen atoms in total. The number of rotatable bonds is 2. The summed E-state index contributed by atoms with van der Waals surface area (Å²) in [6.07, 6.45) is 4.42. The second kappa shape index (κ2) is 4.97. The number of hydrogen-bond acceptors (Lipinski definition) is 3. The first kappa shape index (κ1) is 12.5. The van der Waals surface area contributed by atoms with Gasteiger partial charge in [-0.1, -0.05) is 20.8 Å². The van der Waals surface area contributed by atoms with Crippen molar-refractivity contribution in [1.29, 1.82) is 0 Å². The topological polar surface area (TPSA) is 35.5 Å². The number of hydrogen-bond donors (Lipinski definition) is 0. The van der Waals surface area contributed by atoms with Gasteiger partial charge in [-0.2, -0.15) is 4.89 Å². The second-order valence-electron chi connectivity index (χ2n) is 5.51. The fourth-order valence-electron chi connectivity index (χ4n) is 2.16. The zero-order chi connectivity index (χ0) is 11.5. The maximum absolute atomic E-state index is 10.6. The first-order valence-electron chi connectivity index (χ1n) is 5.73. The molecule has 0 heterocycles. The summed E-state index contributed by atoms with van der Waals surface area (Å²) in [5.74, 6) is 0.391. The van der Waals surface area contributed by atoms with E-state index in [0.29, 0.717) is 5.41 Å². The first-order valence-corrected chi connectivity index (χ1v) is 5.73. The Morgan fingerprint density at radius 1 is 1.13 bits per heavy atom. The van der Waals surface area contributed by atoms with Gasteiger partial charge in [-0.05, 0) is 37.0 Å². The molecule has 0 radical (unpaired) electrons. The summed E-state index contributed by atoms with van der Waals surface area (Å²) in [4.78, 5) is 20.2. The van der Waals surface area contributed by atoms with Crippen LogP contribution in [0.1, 0.15) is 53.4 Å². The van der Waals surface area contributed by atoms with E-state index in [9.17, 15) is 4.79 Å². The van der Waals surface area contributed by atoms with Gasteiger partial charge in [0.1, 0.15) is 6.10 Å². The highest BCUT2D eigenvalue weighted by molar-refractivity contribution is 5.65. The minimum atomic E-state index is -0.368.